The van der Waals surface area contributed by atoms with Gasteiger partial charge in [-0.05, 0) is 42.3 Å². The largest absolute Gasteiger partial charge is 0.380 e. The smallest absolute Gasteiger partial charge is 0.0950 e. The van der Waals surface area contributed by atoms with Crippen LogP contribution >= 0.6 is 24.0 Å². The van der Waals surface area contributed by atoms with Crippen LogP contribution in [0.3, 0.4) is 0 Å². The summed E-state index contributed by atoms with van der Waals surface area (Å²) in [6, 6.07) is 10.1. The number of ether oxygens (including phenoxy) is 1. The van der Waals surface area contributed by atoms with Crippen molar-refractivity contribution < 1.29 is 4.74 Å². The highest BCUT2D eigenvalue weighted by molar-refractivity contribution is 6.33. The molecular weight excluding hydrogens is 359 g/mol. The quantitative estimate of drug-likeness (QED) is 0.740. The highest BCUT2D eigenvalue weighted by Gasteiger charge is 2.16. The van der Waals surface area contributed by atoms with Crippen molar-refractivity contribution in [1.82, 2.24) is 10.3 Å². The molecule has 5 nitrogen and oxygen atoms in total. The minimum absolute atomic E-state index is 0. The maximum Gasteiger partial charge on any atom is 0.0950 e. The second kappa shape index (κ2) is 9.36. The Morgan fingerprint density at radius 3 is 2.88 bits per heavy atom. The van der Waals surface area contributed by atoms with E-state index in [0.717, 1.165) is 47.9 Å². The van der Waals surface area contributed by atoms with Crippen LogP contribution in [0.4, 0.5) is 5.69 Å². The van der Waals surface area contributed by atoms with Gasteiger partial charge < -0.3 is 21.1 Å². The molecule has 0 aliphatic carbocycles. The summed E-state index contributed by atoms with van der Waals surface area (Å²) < 4.78 is 5.77. The molecule has 25 heavy (non-hydrogen) atoms. The van der Waals surface area contributed by atoms with Gasteiger partial charge in [-0.1, -0.05) is 17.7 Å². The van der Waals surface area contributed by atoms with E-state index in [4.69, 9.17) is 22.1 Å². The first-order chi connectivity index (χ1) is 11.7. The molecule has 1 aromatic carbocycles. The van der Waals surface area contributed by atoms with Crippen molar-refractivity contribution >= 4 is 29.7 Å². The molecule has 0 unspecified atom stereocenters. The highest BCUT2D eigenvalue weighted by atomic mass is 35.5. The van der Waals surface area contributed by atoms with Crippen molar-refractivity contribution in [2.24, 2.45) is 5.73 Å². The molecule has 136 valence electrons. The van der Waals surface area contributed by atoms with E-state index in [0.29, 0.717) is 18.1 Å². The predicted octanol–water partition coefficient (Wildman–Crippen LogP) is 3.20. The van der Waals surface area contributed by atoms with Crippen LogP contribution < -0.4 is 16.4 Å². The van der Waals surface area contributed by atoms with Gasteiger partial charge in [0, 0.05) is 31.9 Å². The molecule has 1 aromatic heterocycles. The van der Waals surface area contributed by atoms with E-state index in [1.165, 1.54) is 0 Å². The fourth-order valence-electron chi connectivity index (χ4n) is 2.87. The van der Waals surface area contributed by atoms with Gasteiger partial charge >= 0.3 is 0 Å². The van der Waals surface area contributed by atoms with Gasteiger partial charge in [0.1, 0.15) is 0 Å². The standard InChI is InChI=1S/C18H23ClN4O.ClH/c1-12-6-13(7-15(9-20)23-12)10-22-17-3-2-14(8-16(17)19)18-11-21-4-5-24-18;/h2-3,6-8,18,21-22H,4-5,9-11,20H2,1H3;1H/t18-;/m1./s1. The van der Waals surface area contributed by atoms with Gasteiger partial charge in [-0.15, -0.1) is 12.4 Å². The molecule has 2 heterocycles. The Balaban J connectivity index is 0.00000225. The van der Waals surface area contributed by atoms with Crippen molar-refractivity contribution in [2.45, 2.75) is 26.1 Å². The number of pyridine rings is 1. The molecule has 3 rings (SSSR count). The third-order valence-corrected chi connectivity index (χ3v) is 4.36. The van der Waals surface area contributed by atoms with E-state index in [1.807, 2.05) is 25.1 Å². The maximum absolute atomic E-state index is 6.43. The lowest BCUT2D eigenvalue weighted by Gasteiger charge is -2.24. The van der Waals surface area contributed by atoms with Crippen LogP contribution in [0.5, 0.6) is 0 Å². The van der Waals surface area contributed by atoms with Crippen molar-refractivity contribution in [1.29, 1.82) is 0 Å². The SMILES string of the molecule is Cc1cc(CNc2ccc([C@H]3CNCCO3)cc2Cl)cc(CN)n1.Cl. The van der Waals surface area contributed by atoms with E-state index in [1.54, 1.807) is 0 Å². The average Bonchev–Trinajstić information content (AvgIpc) is 2.61. The molecule has 1 aliphatic rings. The van der Waals surface area contributed by atoms with Gasteiger partial charge in [0.05, 0.1) is 29.1 Å². The number of anilines is 1. The number of hydrogen-bond donors (Lipinski definition) is 3. The summed E-state index contributed by atoms with van der Waals surface area (Å²) >= 11 is 6.43. The van der Waals surface area contributed by atoms with E-state index < -0.39 is 0 Å². The van der Waals surface area contributed by atoms with Crippen LogP contribution in [0.1, 0.15) is 28.6 Å². The Labute approximate surface area is 159 Å². The molecule has 7 heteroatoms. The summed E-state index contributed by atoms with van der Waals surface area (Å²) in [7, 11) is 0. The Kier molecular flexibility index (Phi) is 7.47. The summed E-state index contributed by atoms with van der Waals surface area (Å²) in [6.07, 6.45) is 0.0697. The lowest BCUT2D eigenvalue weighted by molar-refractivity contribution is 0.0277. The van der Waals surface area contributed by atoms with E-state index in [9.17, 15) is 0 Å². The van der Waals surface area contributed by atoms with Gasteiger partial charge in [-0.3, -0.25) is 4.98 Å². The van der Waals surface area contributed by atoms with Gasteiger partial charge in [0.15, 0.2) is 0 Å². The number of nitrogens with zero attached hydrogens (tertiary/aromatic N) is 1. The van der Waals surface area contributed by atoms with Gasteiger partial charge in [0.25, 0.3) is 0 Å². The van der Waals surface area contributed by atoms with Crippen LogP contribution in [0.2, 0.25) is 5.02 Å². The van der Waals surface area contributed by atoms with Gasteiger partial charge in [-0.2, -0.15) is 0 Å². The topological polar surface area (TPSA) is 72.2 Å². The Morgan fingerprint density at radius 1 is 1.36 bits per heavy atom. The average molecular weight is 383 g/mol. The monoisotopic (exact) mass is 382 g/mol. The summed E-state index contributed by atoms with van der Waals surface area (Å²) in [5.41, 5.74) is 10.7. The van der Waals surface area contributed by atoms with Gasteiger partial charge in [0.2, 0.25) is 0 Å². The summed E-state index contributed by atoms with van der Waals surface area (Å²) in [6.45, 7) is 5.55. The van der Waals surface area contributed by atoms with Crippen LogP contribution in [-0.4, -0.2) is 24.7 Å². The van der Waals surface area contributed by atoms with Gasteiger partial charge in [-0.25, -0.2) is 0 Å². The van der Waals surface area contributed by atoms with E-state index in [-0.39, 0.29) is 18.5 Å². The zero-order valence-corrected chi connectivity index (χ0v) is 15.8. The first-order valence-corrected chi connectivity index (χ1v) is 8.55. The lowest BCUT2D eigenvalue weighted by Crippen LogP contribution is -2.33. The van der Waals surface area contributed by atoms with Crippen molar-refractivity contribution in [3.05, 3.63) is 57.9 Å². The van der Waals surface area contributed by atoms with Crippen molar-refractivity contribution in [3.63, 3.8) is 0 Å². The third kappa shape index (κ3) is 5.30. The number of nitrogens with one attached hydrogen (secondary N) is 2. The molecule has 1 aliphatic heterocycles. The predicted molar refractivity (Wildman–Crippen MR) is 104 cm³/mol. The molecule has 0 saturated carbocycles. The fraction of sp³-hybridized carbons (Fsp3) is 0.389. The number of aromatic nitrogens is 1. The number of morpholine rings is 1. The normalized spacial score (nSPS) is 17.0. The third-order valence-electron chi connectivity index (χ3n) is 4.05. The Morgan fingerprint density at radius 2 is 2.20 bits per heavy atom. The number of aryl methyl sites for hydroxylation is 1. The van der Waals surface area contributed by atoms with Crippen LogP contribution in [0, 0.1) is 6.92 Å². The van der Waals surface area contributed by atoms with Crippen LogP contribution in [-0.2, 0) is 17.8 Å². The zero-order chi connectivity index (χ0) is 16.9. The summed E-state index contributed by atoms with van der Waals surface area (Å²) in [4.78, 5) is 4.39. The minimum atomic E-state index is 0. The molecule has 2 aromatic rings. The number of hydrogen-bond acceptors (Lipinski definition) is 5. The minimum Gasteiger partial charge on any atom is -0.380 e. The molecule has 0 bridgehead atoms. The molecule has 1 saturated heterocycles. The lowest BCUT2D eigenvalue weighted by atomic mass is 10.1. The summed E-state index contributed by atoms with van der Waals surface area (Å²) in [5, 5.41) is 7.41. The molecule has 1 fully saturated rings. The second-order valence-corrected chi connectivity index (χ2v) is 6.38. The highest BCUT2D eigenvalue weighted by Crippen LogP contribution is 2.28. The fourth-order valence-corrected chi connectivity index (χ4v) is 3.13. The molecular formula is C18H24Cl2N4O. The first kappa shape index (κ1) is 19.9. The van der Waals surface area contributed by atoms with Crippen molar-refractivity contribution in [3.8, 4) is 0 Å². The molecule has 0 radical (unpaired) electrons. The molecule has 1 atom stereocenters. The van der Waals surface area contributed by atoms with E-state index >= 15 is 0 Å². The van der Waals surface area contributed by atoms with Crippen LogP contribution in [0.15, 0.2) is 30.3 Å². The first-order valence-electron chi connectivity index (χ1n) is 8.18. The molecule has 4 N–H and O–H groups in total. The second-order valence-electron chi connectivity index (χ2n) is 5.97. The summed E-state index contributed by atoms with van der Waals surface area (Å²) in [5.74, 6) is 0. The Hall–Kier alpha value is -1.37. The molecule has 0 amide bonds. The zero-order valence-electron chi connectivity index (χ0n) is 14.2. The Bertz CT molecular complexity index is 705. The number of benzene rings is 1. The van der Waals surface area contributed by atoms with Crippen LogP contribution in [0.25, 0.3) is 0 Å². The number of nitrogens with two attached hydrogens (primary N) is 1. The maximum atomic E-state index is 6.43. The van der Waals surface area contributed by atoms with Crippen molar-refractivity contribution in [2.75, 3.05) is 25.0 Å². The molecule has 0 spiro atoms. The number of rotatable bonds is 5. The number of halogens is 2. The van der Waals surface area contributed by atoms with E-state index in [2.05, 4.69) is 27.8 Å².